The summed E-state index contributed by atoms with van der Waals surface area (Å²) in [5, 5.41) is 0. The van der Waals surface area contributed by atoms with E-state index < -0.39 is 20.2 Å². The van der Waals surface area contributed by atoms with Crippen molar-refractivity contribution >= 4 is 14.1 Å². The predicted octanol–water partition coefficient (Wildman–Crippen LogP) is 2.80. The number of hydrogen-bond donors (Lipinski definition) is 0. The molecule has 1 aromatic carbocycles. The Hall–Kier alpha value is -1.45. The maximum absolute atomic E-state index is 11.8. The van der Waals surface area contributed by atoms with Gasteiger partial charge in [0.1, 0.15) is 6.10 Å². The Balaban J connectivity index is 1.86. The van der Waals surface area contributed by atoms with Crippen LogP contribution in [0.4, 0.5) is 0 Å². The molecule has 1 fully saturated rings. The first kappa shape index (κ1) is 14.9. The molecule has 1 saturated carbocycles. The summed E-state index contributed by atoms with van der Waals surface area (Å²) >= 11 is 0. The summed E-state index contributed by atoms with van der Waals surface area (Å²) in [7, 11) is -2.27. The van der Waals surface area contributed by atoms with Gasteiger partial charge in [-0.05, 0) is 44.7 Å². The van der Waals surface area contributed by atoms with Crippen LogP contribution in [-0.2, 0) is 9.53 Å². The van der Waals surface area contributed by atoms with E-state index in [1.807, 2.05) is 6.07 Å². The molecule has 1 aliphatic rings. The Labute approximate surface area is 119 Å². The van der Waals surface area contributed by atoms with Crippen molar-refractivity contribution in [1.29, 1.82) is 0 Å². The molecule has 108 valence electrons. The minimum Gasteiger partial charge on any atom is -0.575 e. The van der Waals surface area contributed by atoms with Crippen molar-refractivity contribution in [3.05, 3.63) is 30.3 Å². The Morgan fingerprint density at radius 1 is 1.35 bits per heavy atom. The van der Waals surface area contributed by atoms with Crippen LogP contribution in [0, 0.1) is 0 Å². The highest BCUT2D eigenvalue weighted by atomic mass is 31.1. The molecule has 1 aromatic rings. The van der Waals surface area contributed by atoms with E-state index in [-0.39, 0.29) is 6.10 Å². The zero-order valence-corrected chi connectivity index (χ0v) is 12.3. The zero-order valence-electron chi connectivity index (χ0n) is 11.4. The first-order valence-corrected chi connectivity index (χ1v) is 7.89. The van der Waals surface area contributed by atoms with Crippen LogP contribution in [0.5, 0.6) is 5.75 Å². The Morgan fingerprint density at radius 2 is 2.00 bits per heavy atom. The molecule has 0 heterocycles. The lowest BCUT2D eigenvalue weighted by Gasteiger charge is -2.12. The zero-order chi connectivity index (χ0) is 14.4. The van der Waals surface area contributed by atoms with Crippen molar-refractivity contribution in [2.75, 3.05) is 0 Å². The summed E-state index contributed by atoms with van der Waals surface area (Å²) in [4.78, 5) is 23.5. The number of para-hydroxylation sites is 1. The molecule has 5 nitrogen and oxygen atoms in total. The van der Waals surface area contributed by atoms with Crippen molar-refractivity contribution in [3.8, 4) is 5.75 Å². The minimum atomic E-state index is -2.27. The highest BCUT2D eigenvalue weighted by Gasteiger charge is 2.24. The van der Waals surface area contributed by atoms with Crippen LogP contribution in [0.25, 0.3) is 0 Å². The van der Waals surface area contributed by atoms with Crippen LogP contribution in [0.2, 0.25) is 0 Å². The van der Waals surface area contributed by atoms with Gasteiger partial charge in [0.25, 0.3) is 0 Å². The van der Waals surface area contributed by atoms with E-state index in [0.717, 1.165) is 25.7 Å². The number of rotatable bonds is 5. The lowest BCUT2D eigenvalue weighted by Crippen LogP contribution is -2.23. The van der Waals surface area contributed by atoms with Gasteiger partial charge in [-0.3, -0.25) is 4.52 Å². The Bertz CT molecular complexity index is 471. The molecule has 0 bridgehead atoms. The summed E-state index contributed by atoms with van der Waals surface area (Å²) < 4.78 is 14.3. The lowest BCUT2D eigenvalue weighted by molar-refractivity contribution is -0.170. The largest absolute Gasteiger partial charge is 0.575 e. The van der Waals surface area contributed by atoms with Gasteiger partial charge in [-0.1, -0.05) is 22.9 Å². The smallest absolute Gasteiger partial charge is 0.395 e. The van der Waals surface area contributed by atoms with Gasteiger partial charge >= 0.3 is 14.1 Å². The van der Waals surface area contributed by atoms with Gasteiger partial charge in [-0.25, -0.2) is 4.79 Å². The molecule has 0 amide bonds. The molecule has 6 heteroatoms. The van der Waals surface area contributed by atoms with Gasteiger partial charge in [0, 0.05) is 0 Å². The van der Waals surface area contributed by atoms with Gasteiger partial charge in [-0.2, -0.15) is 0 Å². The molecule has 0 aliphatic heterocycles. The van der Waals surface area contributed by atoms with Crippen LogP contribution in [0.3, 0.4) is 0 Å². The van der Waals surface area contributed by atoms with Crippen molar-refractivity contribution in [1.82, 2.24) is 0 Å². The highest BCUT2D eigenvalue weighted by molar-refractivity contribution is 7.34. The number of carbonyl (C=O) groups excluding carboxylic acids is 1. The molecule has 1 aliphatic carbocycles. The fourth-order valence-corrected chi connectivity index (χ4v) is 2.78. The quantitative estimate of drug-likeness (QED) is 0.618. The molecule has 0 N–H and O–H groups in total. The van der Waals surface area contributed by atoms with E-state index in [1.165, 1.54) is 0 Å². The first-order chi connectivity index (χ1) is 9.65. The molecular weight excluding hydrogens is 277 g/mol. The molecule has 0 spiro atoms. The summed E-state index contributed by atoms with van der Waals surface area (Å²) in [6.07, 6.45) is 3.99. The van der Waals surface area contributed by atoms with Gasteiger partial charge in [-0.15, -0.1) is 0 Å². The molecule has 1 unspecified atom stereocenters. The number of nitrogens with zero attached hydrogens (tertiary/aromatic N) is 1. The van der Waals surface area contributed by atoms with Crippen molar-refractivity contribution in [3.63, 3.8) is 0 Å². The fourth-order valence-electron chi connectivity index (χ4n) is 2.05. The maximum Gasteiger partial charge on any atom is 0.395 e. The molecule has 2 atom stereocenters. The molecule has 20 heavy (non-hydrogen) atoms. The molecule has 2 rings (SSSR count). The number of ether oxygens (including phenoxy) is 1. The summed E-state index contributed by atoms with van der Waals surface area (Å²) in [5.41, 5.74) is 0. The van der Waals surface area contributed by atoms with Crippen LogP contribution >= 0.6 is 8.17 Å². The second-order valence-corrected chi connectivity index (χ2v) is 5.67. The maximum atomic E-state index is 11.8. The van der Waals surface area contributed by atoms with Crippen molar-refractivity contribution in [2.24, 2.45) is 4.74 Å². The van der Waals surface area contributed by atoms with Crippen LogP contribution in [0.1, 0.15) is 32.6 Å². The van der Waals surface area contributed by atoms with Gasteiger partial charge in [0.05, 0.1) is 0 Å². The van der Waals surface area contributed by atoms with Crippen LogP contribution in [0.15, 0.2) is 35.1 Å². The topological polar surface area (TPSA) is 71.0 Å². The van der Waals surface area contributed by atoms with Crippen molar-refractivity contribution in [2.45, 2.75) is 44.8 Å². The van der Waals surface area contributed by atoms with Gasteiger partial charge in [0.2, 0.25) is 0 Å². The number of carbonyl (C=O) groups is 1. The third kappa shape index (κ3) is 4.58. The lowest BCUT2D eigenvalue weighted by atomic mass is 10.3. The Kier molecular flexibility index (Phi) is 5.50. The third-order valence-electron chi connectivity index (χ3n) is 3.12. The molecule has 0 aromatic heterocycles. The van der Waals surface area contributed by atoms with E-state index in [1.54, 1.807) is 31.2 Å². The van der Waals surface area contributed by atoms with E-state index in [9.17, 15) is 9.69 Å². The SMILES string of the molecule is C[C@H](N=[P+]([O-])Oc1ccccc1)C(=O)OC1CCCC1. The monoisotopic (exact) mass is 295 g/mol. The van der Waals surface area contributed by atoms with E-state index in [0.29, 0.717) is 5.75 Å². The van der Waals surface area contributed by atoms with E-state index in [4.69, 9.17) is 9.26 Å². The van der Waals surface area contributed by atoms with Crippen LogP contribution in [-0.4, -0.2) is 18.1 Å². The second-order valence-electron chi connectivity index (χ2n) is 4.78. The van der Waals surface area contributed by atoms with Gasteiger partial charge in [0.15, 0.2) is 11.8 Å². The second kappa shape index (κ2) is 7.36. The molecular formula is C14H18NO4P. The van der Waals surface area contributed by atoms with E-state index >= 15 is 0 Å². The molecule has 0 radical (unpaired) electrons. The fraction of sp³-hybridized carbons (Fsp3) is 0.500. The van der Waals surface area contributed by atoms with Crippen LogP contribution < -0.4 is 9.42 Å². The predicted molar refractivity (Wildman–Crippen MR) is 74.2 cm³/mol. The average molecular weight is 295 g/mol. The minimum absolute atomic E-state index is 0.00642. The summed E-state index contributed by atoms with van der Waals surface area (Å²) in [5.74, 6) is 0.0330. The van der Waals surface area contributed by atoms with Gasteiger partial charge < -0.3 is 9.63 Å². The highest BCUT2D eigenvalue weighted by Crippen LogP contribution is 2.25. The standard InChI is InChI=1S/C14H18NO4P/c1-11(14(16)18-12-7-5-6-8-12)15-20(17)19-13-9-3-2-4-10-13/h2-4,9-12H,5-8H2,1H3/t11-/m0/s1. The first-order valence-electron chi connectivity index (χ1n) is 6.76. The Morgan fingerprint density at radius 3 is 2.65 bits per heavy atom. The average Bonchev–Trinajstić information content (AvgIpc) is 2.92. The third-order valence-corrected chi connectivity index (χ3v) is 4.02. The number of hydrogen-bond acceptors (Lipinski definition) is 5. The number of benzene rings is 1. The summed E-state index contributed by atoms with van der Waals surface area (Å²) in [6.45, 7) is 1.57. The van der Waals surface area contributed by atoms with Crippen molar-refractivity contribution < 1.29 is 18.9 Å². The van der Waals surface area contributed by atoms with E-state index in [2.05, 4.69) is 4.74 Å². The number of esters is 1. The summed E-state index contributed by atoms with van der Waals surface area (Å²) in [6, 6.07) is 7.97. The normalized spacial score (nSPS) is 17.8. The molecule has 0 saturated heterocycles.